The minimum atomic E-state index is -0.278. The number of anilines is 1. The maximum Gasteiger partial charge on any atom is 0.325 e. The van der Waals surface area contributed by atoms with E-state index < -0.39 is 0 Å². The summed E-state index contributed by atoms with van der Waals surface area (Å²) in [4.78, 5) is 13.1. The number of esters is 1. The van der Waals surface area contributed by atoms with Crippen molar-refractivity contribution in [1.82, 2.24) is 0 Å². The first-order chi connectivity index (χ1) is 7.77. The van der Waals surface area contributed by atoms with Gasteiger partial charge in [0, 0.05) is 12.2 Å². The summed E-state index contributed by atoms with van der Waals surface area (Å²) in [7, 11) is 0. The summed E-state index contributed by atoms with van der Waals surface area (Å²) < 4.78 is 4.88. The third kappa shape index (κ3) is 3.90. The van der Waals surface area contributed by atoms with E-state index in [1.165, 1.54) is 0 Å². The summed E-state index contributed by atoms with van der Waals surface area (Å²) >= 11 is 0. The Balaban J connectivity index is 2.64. The van der Waals surface area contributed by atoms with Crippen molar-refractivity contribution in [3.63, 3.8) is 0 Å². The standard InChI is InChI=1S/C12H17NO3/c1-2-16-12(15)10-13(8-9-14)11-6-4-3-5-7-11/h3-7,14H,2,8-10H2,1H3. The minimum absolute atomic E-state index is 0.00823. The summed E-state index contributed by atoms with van der Waals surface area (Å²) in [5, 5.41) is 8.95. The molecular weight excluding hydrogens is 206 g/mol. The monoisotopic (exact) mass is 223 g/mol. The number of rotatable bonds is 6. The van der Waals surface area contributed by atoms with Gasteiger partial charge in [0.1, 0.15) is 6.54 Å². The van der Waals surface area contributed by atoms with Crippen LogP contribution in [0.1, 0.15) is 6.92 Å². The van der Waals surface area contributed by atoms with Crippen molar-refractivity contribution in [3.05, 3.63) is 30.3 Å². The number of para-hydroxylation sites is 1. The lowest BCUT2D eigenvalue weighted by molar-refractivity contribution is -0.141. The van der Waals surface area contributed by atoms with Crippen molar-refractivity contribution in [3.8, 4) is 0 Å². The van der Waals surface area contributed by atoms with Crippen LogP contribution in [-0.4, -0.2) is 37.4 Å². The van der Waals surface area contributed by atoms with Gasteiger partial charge in [0.05, 0.1) is 13.2 Å². The van der Waals surface area contributed by atoms with Crippen LogP contribution in [0.25, 0.3) is 0 Å². The van der Waals surface area contributed by atoms with E-state index in [2.05, 4.69) is 0 Å². The molecule has 16 heavy (non-hydrogen) atoms. The largest absolute Gasteiger partial charge is 0.465 e. The Hall–Kier alpha value is -1.55. The van der Waals surface area contributed by atoms with Crippen molar-refractivity contribution in [2.75, 3.05) is 31.2 Å². The summed E-state index contributed by atoms with van der Waals surface area (Å²) in [5.74, 6) is -0.278. The lowest BCUT2D eigenvalue weighted by Gasteiger charge is -2.22. The SMILES string of the molecule is CCOC(=O)CN(CCO)c1ccccc1. The molecular formula is C12H17NO3. The molecule has 88 valence electrons. The molecule has 0 amide bonds. The van der Waals surface area contributed by atoms with Gasteiger partial charge in [0.25, 0.3) is 0 Å². The van der Waals surface area contributed by atoms with Crippen LogP contribution < -0.4 is 4.90 Å². The van der Waals surface area contributed by atoms with E-state index >= 15 is 0 Å². The number of carbonyl (C=O) groups is 1. The van der Waals surface area contributed by atoms with Gasteiger partial charge in [-0.3, -0.25) is 4.79 Å². The third-order valence-electron chi connectivity index (χ3n) is 2.12. The smallest absolute Gasteiger partial charge is 0.325 e. The quantitative estimate of drug-likeness (QED) is 0.732. The fraction of sp³-hybridized carbons (Fsp3) is 0.417. The van der Waals surface area contributed by atoms with Crippen LogP contribution in [0.5, 0.6) is 0 Å². The van der Waals surface area contributed by atoms with Crippen LogP contribution in [0, 0.1) is 0 Å². The predicted octanol–water partition coefficient (Wildman–Crippen LogP) is 1.05. The van der Waals surface area contributed by atoms with Gasteiger partial charge in [0.2, 0.25) is 0 Å². The first kappa shape index (κ1) is 12.5. The van der Waals surface area contributed by atoms with E-state index in [9.17, 15) is 4.79 Å². The van der Waals surface area contributed by atoms with Crippen molar-refractivity contribution < 1.29 is 14.6 Å². The van der Waals surface area contributed by atoms with E-state index in [1.54, 1.807) is 11.8 Å². The van der Waals surface area contributed by atoms with E-state index in [-0.39, 0.29) is 19.1 Å². The Kier molecular flexibility index (Phi) is 5.36. The van der Waals surface area contributed by atoms with E-state index in [0.29, 0.717) is 13.2 Å². The molecule has 0 fully saturated rings. The molecule has 0 aliphatic rings. The van der Waals surface area contributed by atoms with Gasteiger partial charge in [-0.2, -0.15) is 0 Å². The van der Waals surface area contributed by atoms with E-state index in [0.717, 1.165) is 5.69 Å². The fourth-order valence-electron chi connectivity index (χ4n) is 1.42. The normalized spacial score (nSPS) is 9.88. The third-order valence-corrected chi connectivity index (χ3v) is 2.12. The van der Waals surface area contributed by atoms with Crippen molar-refractivity contribution in [2.45, 2.75) is 6.92 Å². The van der Waals surface area contributed by atoms with Crippen molar-refractivity contribution in [2.24, 2.45) is 0 Å². The molecule has 4 heteroatoms. The van der Waals surface area contributed by atoms with E-state index in [1.807, 2.05) is 30.3 Å². The molecule has 0 bridgehead atoms. The lowest BCUT2D eigenvalue weighted by Crippen LogP contribution is -2.33. The summed E-state index contributed by atoms with van der Waals surface area (Å²) in [6.45, 7) is 2.74. The van der Waals surface area contributed by atoms with Crippen LogP contribution in [-0.2, 0) is 9.53 Å². The molecule has 0 aliphatic carbocycles. The Morgan fingerprint density at radius 1 is 1.38 bits per heavy atom. The molecule has 1 rings (SSSR count). The molecule has 1 aromatic carbocycles. The molecule has 0 heterocycles. The second kappa shape index (κ2) is 6.85. The molecule has 0 saturated carbocycles. The van der Waals surface area contributed by atoms with Crippen LogP contribution in [0.15, 0.2) is 30.3 Å². The number of aliphatic hydroxyl groups is 1. The zero-order valence-corrected chi connectivity index (χ0v) is 9.43. The molecule has 0 aromatic heterocycles. The van der Waals surface area contributed by atoms with Crippen LogP contribution in [0.3, 0.4) is 0 Å². The number of ether oxygens (including phenoxy) is 1. The van der Waals surface area contributed by atoms with Crippen LogP contribution in [0.4, 0.5) is 5.69 Å². The highest BCUT2D eigenvalue weighted by molar-refractivity contribution is 5.75. The van der Waals surface area contributed by atoms with Crippen molar-refractivity contribution in [1.29, 1.82) is 0 Å². The van der Waals surface area contributed by atoms with Crippen LogP contribution >= 0.6 is 0 Å². The predicted molar refractivity (Wildman–Crippen MR) is 62.4 cm³/mol. The average molecular weight is 223 g/mol. The molecule has 0 unspecified atom stereocenters. The topological polar surface area (TPSA) is 49.8 Å². The maximum atomic E-state index is 11.4. The first-order valence-electron chi connectivity index (χ1n) is 5.34. The number of aliphatic hydroxyl groups excluding tert-OH is 1. The number of hydrogen-bond donors (Lipinski definition) is 1. The number of benzene rings is 1. The van der Waals surface area contributed by atoms with Gasteiger partial charge >= 0.3 is 5.97 Å². The molecule has 1 N–H and O–H groups in total. The van der Waals surface area contributed by atoms with Gasteiger partial charge < -0.3 is 14.7 Å². The zero-order chi connectivity index (χ0) is 11.8. The molecule has 0 aliphatic heterocycles. The van der Waals surface area contributed by atoms with Gasteiger partial charge in [-0.15, -0.1) is 0 Å². The second-order valence-corrected chi connectivity index (χ2v) is 3.29. The molecule has 1 aromatic rings. The summed E-state index contributed by atoms with van der Waals surface area (Å²) in [6.07, 6.45) is 0. The Labute approximate surface area is 95.5 Å². The zero-order valence-electron chi connectivity index (χ0n) is 9.43. The van der Waals surface area contributed by atoms with Gasteiger partial charge in [-0.25, -0.2) is 0 Å². The van der Waals surface area contributed by atoms with Crippen LogP contribution in [0.2, 0.25) is 0 Å². The second-order valence-electron chi connectivity index (χ2n) is 3.29. The minimum Gasteiger partial charge on any atom is -0.465 e. The Morgan fingerprint density at radius 3 is 2.62 bits per heavy atom. The van der Waals surface area contributed by atoms with Gasteiger partial charge in [0.15, 0.2) is 0 Å². The lowest BCUT2D eigenvalue weighted by atomic mass is 10.3. The molecule has 0 radical (unpaired) electrons. The van der Waals surface area contributed by atoms with E-state index in [4.69, 9.17) is 9.84 Å². The fourth-order valence-corrected chi connectivity index (χ4v) is 1.42. The first-order valence-corrected chi connectivity index (χ1v) is 5.34. The van der Waals surface area contributed by atoms with Crippen molar-refractivity contribution >= 4 is 11.7 Å². The molecule has 0 spiro atoms. The molecule has 4 nitrogen and oxygen atoms in total. The molecule has 0 saturated heterocycles. The number of carbonyl (C=O) groups excluding carboxylic acids is 1. The maximum absolute atomic E-state index is 11.4. The molecule has 0 atom stereocenters. The Morgan fingerprint density at radius 2 is 2.06 bits per heavy atom. The number of hydrogen-bond acceptors (Lipinski definition) is 4. The number of nitrogens with zero attached hydrogens (tertiary/aromatic N) is 1. The average Bonchev–Trinajstić information content (AvgIpc) is 2.30. The van der Waals surface area contributed by atoms with Gasteiger partial charge in [-0.1, -0.05) is 18.2 Å². The summed E-state index contributed by atoms with van der Waals surface area (Å²) in [5.41, 5.74) is 0.907. The highest BCUT2D eigenvalue weighted by Gasteiger charge is 2.11. The highest BCUT2D eigenvalue weighted by Crippen LogP contribution is 2.12. The highest BCUT2D eigenvalue weighted by atomic mass is 16.5. The van der Waals surface area contributed by atoms with Gasteiger partial charge in [-0.05, 0) is 19.1 Å². The Bertz CT molecular complexity index is 313. The summed E-state index contributed by atoms with van der Waals surface area (Å²) in [6, 6.07) is 9.49.